The van der Waals surface area contributed by atoms with E-state index in [9.17, 15) is 9.59 Å². The number of aryl methyl sites for hydroxylation is 1. The van der Waals surface area contributed by atoms with Gasteiger partial charge in [-0.3, -0.25) is 9.69 Å². The van der Waals surface area contributed by atoms with Crippen LogP contribution in [0.15, 0.2) is 48.6 Å². The largest absolute Gasteiger partial charge is 0.465 e. The van der Waals surface area contributed by atoms with Crippen LogP contribution in [0.5, 0.6) is 0 Å². The number of amides is 1. The van der Waals surface area contributed by atoms with E-state index >= 15 is 0 Å². The van der Waals surface area contributed by atoms with Gasteiger partial charge in [0.2, 0.25) is 0 Å². The van der Waals surface area contributed by atoms with Gasteiger partial charge in [0.05, 0.1) is 18.5 Å². The molecule has 1 amide bonds. The first-order valence-electron chi connectivity index (χ1n) is 10.3. The van der Waals surface area contributed by atoms with Crippen molar-refractivity contribution in [2.75, 3.05) is 19.0 Å². The van der Waals surface area contributed by atoms with Crippen molar-refractivity contribution in [1.29, 1.82) is 0 Å². The minimum Gasteiger partial charge on any atom is -0.465 e. The Kier molecular flexibility index (Phi) is 5.08. The molecule has 1 fully saturated rings. The molecular formula is C24H23N3O3S. The van der Waals surface area contributed by atoms with Crippen LogP contribution < -0.4 is 5.32 Å². The van der Waals surface area contributed by atoms with Gasteiger partial charge in [-0.25, -0.2) is 9.78 Å². The van der Waals surface area contributed by atoms with Gasteiger partial charge < -0.3 is 10.1 Å². The number of hydrogen-bond acceptors (Lipinski definition) is 6. The first kappa shape index (κ1) is 19.9. The lowest BCUT2D eigenvalue weighted by atomic mass is 10.1. The lowest BCUT2D eigenvalue weighted by Crippen LogP contribution is -2.29. The Balaban J connectivity index is 1.47. The number of ether oxygens (including phenoxy) is 1. The maximum atomic E-state index is 12.9. The Morgan fingerprint density at radius 3 is 2.77 bits per heavy atom. The number of benzene rings is 1. The zero-order chi connectivity index (χ0) is 21.5. The predicted octanol–water partition coefficient (Wildman–Crippen LogP) is 4.40. The quantitative estimate of drug-likeness (QED) is 0.477. The molecule has 1 saturated heterocycles. The molecule has 5 rings (SSSR count). The maximum absolute atomic E-state index is 12.9. The number of carbonyl (C=O) groups is 2. The molecule has 2 atom stereocenters. The van der Waals surface area contributed by atoms with Crippen molar-refractivity contribution >= 4 is 39.1 Å². The van der Waals surface area contributed by atoms with Gasteiger partial charge in [-0.1, -0.05) is 30.4 Å². The monoisotopic (exact) mass is 433 g/mol. The Hall–Kier alpha value is -3.03. The van der Waals surface area contributed by atoms with Gasteiger partial charge in [0.1, 0.15) is 9.71 Å². The van der Waals surface area contributed by atoms with Crippen molar-refractivity contribution < 1.29 is 14.3 Å². The molecular weight excluding hydrogens is 410 g/mol. The highest BCUT2D eigenvalue weighted by molar-refractivity contribution is 7.21. The predicted molar refractivity (Wildman–Crippen MR) is 122 cm³/mol. The summed E-state index contributed by atoms with van der Waals surface area (Å²) in [6, 6.07) is 11.8. The van der Waals surface area contributed by atoms with E-state index < -0.39 is 5.97 Å². The van der Waals surface area contributed by atoms with Gasteiger partial charge in [-0.2, -0.15) is 0 Å². The Morgan fingerprint density at radius 1 is 1.23 bits per heavy atom. The maximum Gasteiger partial charge on any atom is 0.350 e. The highest BCUT2D eigenvalue weighted by atomic mass is 32.1. The van der Waals surface area contributed by atoms with Crippen molar-refractivity contribution in [1.82, 2.24) is 9.88 Å². The topological polar surface area (TPSA) is 71.5 Å². The minimum absolute atomic E-state index is 0.257. The molecule has 0 spiro atoms. The molecule has 1 N–H and O–H groups in total. The third kappa shape index (κ3) is 3.64. The van der Waals surface area contributed by atoms with Crippen LogP contribution in [0.1, 0.15) is 37.7 Å². The third-order valence-electron chi connectivity index (χ3n) is 6.06. The summed E-state index contributed by atoms with van der Waals surface area (Å²) in [4.78, 5) is 33.7. The SMILES string of the molecule is COC(=O)c1sc2nc(CN3CC4C=CC3C4)ccc2c1NC(=O)c1ccccc1C. The Morgan fingerprint density at radius 2 is 2.06 bits per heavy atom. The summed E-state index contributed by atoms with van der Waals surface area (Å²) in [6.07, 6.45) is 5.79. The standard InChI is InChI=1S/C24H23N3O3S/c1-14-5-3-4-6-18(14)22(28)26-20-19-10-8-16(13-27-12-15-7-9-17(27)11-15)25-23(19)31-21(20)24(29)30-2/h3-10,15,17H,11-13H2,1-2H3,(H,26,28). The summed E-state index contributed by atoms with van der Waals surface area (Å²) in [5, 5.41) is 3.68. The van der Waals surface area contributed by atoms with Crippen molar-refractivity contribution in [3.05, 3.63) is 70.2 Å². The lowest BCUT2D eigenvalue weighted by molar-refractivity contribution is 0.0607. The number of hydrogen-bond donors (Lipinski definition) is 1. The van der Waals surface area contributed by atoms with Gasteiger partial charge in [0.15, 0.2) is 0 Å². The van der Waals surface area contributed by atoms with Crippen LogP contribution in [0.4, 0.5) is 5.69 Å². The van der Waals surface area contributed by atoms with Crippen LogP contribution >= 0.6 is 11.3 Å². The molecule has 1 aliphatic heterocycles. The molecule has 2 aliphatic rings. The molecule has 158 valence electrons. The average Bonchev–Trinajstić information content (AvgIpc) is 3.48. The number of thiophene rings is 1. The number of pyridine rings is 1. The number of nitrogens with zero attached hydrogens (tertiary/aromatic N) is 2. The van der Waals surface area contributed by atoms with Gasteiger partial charge in [0, 0.05) is 30.1 Å². The highest BCUT2D eigenvalue weighted by Crippen LogP contribution is 2.37. The lowest BCUT2D eigenvalue weighted by Gasteiger charge is -2.22. The first-order valence-corrected chi connectivity index (χ1v) is 11.1. The van der Waals surface area contributed by atoms with Crippen molar-refractivity contribution in [2.45, 2.75) is 25.9 Å². The molecule has 1 aliphatic carbocycles. The van der Waals surface area contributed by atoms with Gasteiger partial charge in [-0.15, -0.1) is 11.3 Å². The molecule has 2 bridgehead atoms. The third-order valence-corrected chi connectivity index (χ3v) is 7.14. The highest BCUT2D eigenvalue weighted by Gasteiger charge is 2.33. The van der Waals surface area contributed by atoms with E-state index in [4.69, 9.17) is 9.72 Å². The number of fused-ring (bicyclic) bond motifs is 3. The van der Waals surface area contributed by atoms with Gasteiger partial charge >= 0.3 is 5.97 Å². The van der Waals surface area contributed by atoms with Crippen LogP contribution in [0.3, 0.4) is 0 Å². The summed E-state index contributed by atoms with van der Waals surface area (Å²) in [5.41, 5.74) is 2.86. The van der Waals surface area contributed by atoms with Crippen LogP contribution in [0, 0.1) is 12.8 Å². The average molecular weight is 434 g/mol. The second-order valence-electron chi connectivity index (χ2n) is 8.10. The summed E-state index contributed by atoms with van der Waals surface area (Å²) in [6.45, 7) is 3.73. The van der Waals surface area contributed by atoms with E-state index in [0.29, 0.717) is 28.1 Å². The van der Waals surface area contributed by atoms with Crippen molar-refractivity contribution in [3.8, 4) is 0 Å². The van der Waals surface area contributed by atoms with Gasteiger partial charge in [0.25, 0.3) is 5.91 Å². The number of nitrogens with one attached hydrogen (secondary N) is 1. The molecule has 0 saturated carbocycles. The molecule has 6 nitrogen and oxygen atoms in total. The normalized spacial score (nSPS) is 19.8. The summed E-state index contributed by atoms with van der Waals surface area (Å²) in [7, 11) is 1.34. The zero-order valence-corrected chi connectivity index (χ0v) is 18.2. The zero-order valence-electron chi connectivity index (χ0n) is 17.4. The van der Waals surface area contributed by atoms with Gasteiger partial charge in [-0.05, 0) is 43.0 Å². The smallest absolute Gasteiger partial charge is 0.350 e. The van der Waals surface area contributed by atoms with E-state index in [2.05, 4.69) is 22.4 Å². The second kappa shape index (κ2) is 7.90. The summed E-state index contributed by atoms with van der Waals surface area (Å²) in [5.74, 6) is -0.0804. The van der Waals surface area contributed by atoms with E-state index in [1.165, 1.54) is 24.9 Å². The molecule has 7 heteroatoms. The molecule has 2 unspecified atom stereocenters. The molecule has 31 heavy (non-hydrogen) atoms. The fourth-order valence-electron chi connectivity index (χ4n) is 4.46. The van der Waals surface area contributed by atoms with Crippen molar-refractivity contribution in [2.24, 2.45) is 5.92 Å². The molecule has 2 aromatic heterocycles. The van der Waals surface area contributed by atoms with E-state index in [-0.39, 0.29) is 5.91 Å². The number of aromatic nitrogens is 1. The van der Waals surface area contributed by atoms with Crippen LogP contribution in [0.25, 0.3) is 10.2 Å². The number of esters is 1. The van der Waals surface area contributed by atoms with Crippen LogP contribution in [0.2, 0.25) is 0 Å². The fraction of sp³-hybridized carbons (Fsp3) is 0.292. The van der Waals surface area contributed by atoms with E-state index in [1.54, 1.807) is 6.07 Å². The fourth-order valence-corrected chi connectivity index (χ4v) is 5.53. The summed E-state index contributed by atoms with van der Waals surface area (Å²) >= 11 is 1.25. The van der Waals surface area contributed by atoms with Crippen LogP contribution in [-0.4, -0.2) is 41.5 Å². The number of anilines is 1. The number of rotatable bonds is 5. The second-order valence-corrected chi connectivity index (χ2v) is 9.10. The van der Waals surface area contributed by atoms with E-state index in [0.717, 1.165) is 34.6 Å². The number of likely N-dealkylation sites (tertiary alicyclic amines) is 1. The molecule has 1 aromatic carbocycles. The molecule has 3 heterocycles. The summed E-state index contributed by atoms with van der Waals surface area (Å²) < 4.78 is 4.97. The Bertz CT molecular complexity index is 1220. The molecule has 3 aromatic rings. The van der Waals surface area contributed by atoms with Crippen LogP contribution in [-0.2, 0) is 11.3 Å². The van der Waals surface area contributed by atoms with Crippen molar-refractivity contribution in [3.63, 3.8) is 0 Å². The van der Waals surface area contributed by atoms with E-state index in [1.807, 2.05) is 37.3 Å². The number of methoxy groups -OCH3 is 1. The first-order chi connectivity index (χ1) is 15.0. The minimum atomic E-state index is -0.480. The number of carbonyl (C=O) groups excluding carboxylic acids is 2. The Labute approximate surface area is 184 Å². The molecule has 0 radical (unpaired) electrons.